The zero-order chi connectivity index (χ0) is 17.0. The molecule has 2 fully saturated rings. The predicted octanol–water partition coefficient (Wildman–Crippen LogP) is 2.78. The van der Waals surface area contributed by atoms with Gasteiger partial charge in [0.2, 0.25) is 10.0 Å². The topological polar surface area (TPSA) is 66.5 Å². The van der Waals surface area contributed by atoms with Gasteiger partial charge in [0.1, 0.15) is 0 Å². The van der Waals surface area contributed by atoms with Crippen LogP contribution in [0.4, 0.5) is 0 Å². The Morgan fingerprint density at radius 1 is 1.08 bits per heavy atom. The van der Waals surface area contributed by atoms with Gasteiger partial charge in [-0.1, -0.05) is 25.3 Å². The number of piperidine rings is 1. The summed E-state index contributed by atoms with van der Waals surface area (Å²) in [6, 6.07) is 6.42. The average molecular weight is 350 g/mol. The number of sulfonamides is 1. The molecule has 6 heteroatoms. The van der Waals surface area contributed by atoms with E-state index in [9.17, 15) is 13.2 Å². The number of rotatable bonds is 5. The maximum Gasteiger partial charge on any atom is 0.251 e. The molecular formula is C18H26N2O3S. The van der Waals surface area contributed by atoms with Crippen LogP contribution in [0.1, 0.15) is 55.3 Å². The molecule has 0 spiro atoms. The normalized spacial score (nSPS) is 20.2. The van der Waals surface area contributed by atoms with Gasteiger partial charge in [-0.3, -0.25) is 4.79 Å². The van der Waals surface area contributed by atoms with Gasteiger partial charge in [0.15, 0.2) is 0 Å². The fraction of sp³-hybridized carbons (Fsp3) is 0.611. The summed E-state index contributed by atoms with van der Waals surface area (Å²) in [6.45, 7) is 1.82. The van der Waals surface area contributed by atoms with Crippen LogP contribution in [0, 0.1) is 5.92 Å². The van der Waals surface area contributed by atoms with E-state index in [4.69, 9.17) is 0 Å². The first kappa shape index (κ1) is 17.4. The van der Waals surface area contributed by atoms with Crippen molar-refractivity contribution in [1.29, 1.82) is 0 Å². The number of carbonyl (C=O) groups excluding carboxylic acids is 1. The molecule has 5 nitrogen and oxygen atoms in total. The van der Waals surface area contributed by atoms with Gasteiger partial charge in [0.25, 0.3) is 5.91 Å². The van der Waals surface area contributed by atoms with Gasteiger partial charge in [-0.2, -0.15) is 4.31 Å². The highest BCUT2D eigenvalue weighted by Gasteiger charge is 2.26. The Labute approximate surface area is 144 Å². The molecule has 1 aromatic carbocycles. The Morgan fingerprint density at radius 3 is 2.50 bits per heavy atom. The summed E-state index contributed by atoms with van der Waals surface area (Å²) in [5, 5.41) is 2.95. The molecule has 1 amide bonds. The maximum absolute atomic E-state index is 12.7. The standard InChI is InChI=1S/C18H26N2O3S/c21-18(19-14-15-7-2-3-8-15)16-9-6-10-17(13-16)24(22,23)20-11-4-1-5-12-20/h6,9-10,13,15H,1-5,7-8,11-12,14H2,(H,19,21). The second kappa shape index (κ2) is 7.66. The van der Waals surface area contributed by atoms with E-state index in [-0.39, 0.29) is 10.8 Å². The van der Waals surface area contributed by atoms with Crippen molar-refractivity contribution in [1.82, 2.24) is 9.62 Å². The Hall–Kier alpha value is -1.40. The highest BCUT2D eigenvalue weighted by Crippen LogP contribution is 2.24. The summed E-state index contributed by atoms with van der Waals surface area (Å²) >= 11 is 0. The molecule has 1 aliphatic heterocycles. The number of carbonyl (C=O) groups is 1. The van der Waals surface area contributed by atoms with Crippen molar-refractivity contribution in [3.8, 4) is 0 Å². The zero-order valence-corrected chi connectivity index (χ0v) is 14.9. The Bertz CT molecular complexity index is 675. The second-order valence-corrected chi connectivity index (χ2v) is 8.79. The van der Waals surface area contributed by atoms with Crippen LogP contribution >= 0.6 is 0 Å². The van der Waals surface area contributed by atoms with Gasteiger partial charge in [-0.25, -0.2) is 8.42 Å². The van der Waals surface area contributed by atoms with Crippen LogP contribution in [-0.4, -0.2) is 38.3 Å². The lowest BCUT2D eigenvalue weighted by atomic mass is 10.1. The van der Waals surface area contributed by atoms with E-state index in [1.807, 2.05) is 0 Å². The van der Waals surface area contributed by atoms with Gasteiger partial charge in [-0.15, -0.1) is 0 Å². The molecule has 0 atom stereocenters. The molecule has 0 bridgehead atoms. The largest absolute Gasteiger partial charge is 0.352 e. The van der Waals surface area contributed by atoms with Crippen LogP contribution in [0.25, 0.3) is 0 Å². The monoisotopic (exact) mass is 350 g/mol. The molecule has 0 unspecified atom stereocenters. The van der Waals surface area contributed by atoms with Gasteiger partial charge < -0.3 is 5.32 Å². The smallest absolute Gasteiger partial charge is 0.251 e. The first-order chi connectivity index (χ1) is 11.6. The van der Waals surface area contributed by atoms with E-state index < -0.39 is 10.0 Å². The van der Waals surface area contributed by atoms with Gasteiger partial charge in [0, 0.05) is 25.2 Å². The van der Waals surface area contributed by atoms with Crippen LogP contribution in [-0.2, 0) is 10.0 Å². The lowest BCUT2D eigenvalue weighted by molar-refractivity contribution is 0.0947. The Morgan fingerprint density at radius 2 is 1.79 bits per heavy atom. The summed E-state index contributed by atoms with van der Waals surface area (Å²) in [6.07, 6.45) is 7.71. The minimum absolute atomic E-state index is 0.183. The molecule has 0 radical (unpaired) electrons. The van der Waals surface area contributed by atoms with Crippen LogP contribution in [0.2, 0.25) is 0 Å². The van der Waals surface area contributed by atoms with Crippen molar-refractivity contribution in [2.45, 2.75) is 49.8 Å². The van der Waals surface area contributed by atoms with E-state index in [2.05, 4.69) is 5.32 Å². The lowest BCUT2D eigenvalue weighted by Gasteiger charge is -2.26. The number of nitrogens with one attached hydrogen (secondary N) is 1. The molecule has 1 heterocycles. The van der Waals surface area contributed by atoms with Crippen molar-refractivity contribution in [3.63, 3.8) is 0 Å². The van der Waals surface area contributed by atoms with Crippen LogP contribution in [0.15, 0.2) is 29.2 Å². The lowest BCUT2D eigenvalue weighted by Crippen LogP contribution is -2.35. The summed E-state index contributed by atoms with van der Waals surface area (Å²) in [5.74, 6) is 0.381. The van der Waals surface area contributed by atoms with Crippen molar-refractivity contribution >= 4 is 15.9 Å². The van der Waals surface area contributed by atoms with E-state index in [0.717, 1.165) is 19.3 Å². The molecule has 0 aromatic heterocycles. The Kier molecular flexibility index (Phi) is 5.56. The first-order valence-corrected chi connectivity index (χ1v) is 10.4. The van der Waals surface area contributed by atoms with E-state index in [1.165, 1.54) is 36.1 Å². The highest BCUT2D eigenvalue weighted by atomic mass is 32.2. The molecule has 1 aliphatic carbocycles. The molecule has 24 heavy (non-hydrogen) atoms. The molecule has 1 saturated heterocycles. The van der Waals surface area contributed by atoms with Crippen molar-refractivity contribution in [2.24, 2.45) is 5.92 Å². The third-order valence-electron chi connectivity index (χ3n) is 5.08. The van der Waals surface area contributed by atoms with Gasteiger partial charge >= 0.3 is 0 Å². The van der Waals surface area contributed by atoms with Crippen LogP contribution in [0.3, 0.4) is 0 Å². The number of amides is 1. The summed E-state index contributed by atoms with van der Waals surface area (Å²) in [4.78, 5) is 12.6. The van der Waals surface area contributed by atoms with Crippen LogP contribution in [0.5, 0.6) is 0 Å². The Balaban J connectivity index is 1.69. The van der Waals surface area contributed by atoms with E-state index in [0.29, 0.717) is 31.1 Å². The number of nitrogens with zero attached hydrogens (tertiary/aromatic N) is 1. The van der Waals surface area contributed by atoms with Crippen molar-refractivity contribution in [3.05, 3.63) is 29.8 Å². The summed E-state index contributed by atoms with van der Waals surface area (Å²) in [7, 11) is -3.50. The minimum Gasteiger partial charge on any atom is -0.352 e. The van der Waals surface area contributed by atoms with Crippen molar-refractivity contribution in [2.75, 3.05) is 19.6 Å². The molecule has 1 saturated carbocycles. The molecule has 1 N–H and O–H groups in total. The average Bonchev–Trinajstić information content (AvgIpc) is 3.14. The number of hydrogen-bond donors (Lipinski definition) is 1. The third-order valence-corrected chi connectivity index (χ3v) is 6.97. The fourth-order valence-electron chi connectivity index (χ4n) is 3.61. The molecule has 1 aromatic rings. The molecule has 2 aliphatic rings. The first-order valence-electron chi connectivity index (χ1n) is 8.96. The fourth-order valence-corrected chi connectivity index (χ4v) is 5.17. The summed E-state index contributed by atoms with van der Waals surface area (Å²) in [5.41, 5.74) is 0.422. The number of benzene rings is 1. The molecule has 3 rings (SSSR count). The third kappa shape index (κ3) is 3.98. The van der Waals surface area contributed by atoms with Gasteiger partial charge in [-0.05, 0) is 49.8 Å². The highest BCUT2D eigenvalue weighted by molar-refractivity contribution is 7.89. The molecule has 132 valence electrons. The molecular weight excluding hydrogens is 324 g/mol. The number of hydrogen-bond acceptors (Lipinski definition) is 3. The second-order valence-electron chi connectivity index (χ2n) is 6.85. The predicted molar refractivity (Wildman–Crippen MR) is 93.3 cm³/mol. The summed E-state index contributed by atoms with van der Waals surface area (Å²) < 4.78 is 27.0. The quantitative estimate of drug-likeness (QED) is 0.888. The maximum atomic E-state index is 12.7. The van der Waals surface area contributed by atoms with Gasteiger partial charge in [0.05, 0.1) is 4.90 Å². The van der Waals surface area contributed by atoms with E-state index in [1.54, 1.807) is 18.2 Å². The van der Waals surface area contributed by atoms with Crippen LogP contribution < -0.4 is 5.32 Å². The van der Waals surface area contributed by atoms with Crippen molar-refractivity contribution < 1.29 is 13.2 Å². The zero-order valence-electron chi connectivity index (χ0n) is 14.0. The minimum atomic E-state index is -3.50. The van der Waals surface area contributed by atoms with E-state index >= 15 is 0 Å². The SMILES string of the molecule is O=C(NCC1CCCC1)c1cccc(S(=O)(=O)N2CCCCC2)c1.